The molecule has 0 unspecified atom stereocenters. The van der Waals surface area contributed by atoms with Gasteiger partial charge in [-0.3, -0.25) is 9.80 Å². The van der Waals surface area contributed by atoms with Crippen molar-refractivity contribution in [2.24, 2.45) is 0 Å². The van der Waals surface area contributed by atoms with Crippen LogP contribution in [0.4, 0.5) is 16.2 Å². The van der Waals surface area contributed by atoms with Crippen molar-refractivity contribution in [2.45, 2.75) is 71.4 Å². The number of ether oxygens (including phenoxy) is 4. The normalized spacial score (nSPS) is 13.6. The van der Waals surface area contributed by atoms with E-state index < -0.39 is 17.5 Å². The minimum Gasteiger partial charge on any atom is -0.494 e. The van der Waals surface area contributed by atoms with Crippen LogP contribution in [0.1, 0.15) is 69.5 Å². The summed E-state index contributed by atoms with van der Waals surface area (Å²) in [4.78, 5) is 43.8. The third-order valence-electron chi connectivity index (χ3n) is 7.29. The second kappa shape index (κ2) is 15.1. The Kier molecular flexibility index (Phi) is 11.5. The van der Waals surface area contributed by atoms with Crippen LogP contribution in [0.3, 0.4) is 0 Å². The molecule has 3 aromatic rings. The molecule has 1 saturated carbocycles. The minimum atomic E-state index is -0.675. The Morgan fingerprint density at radius 3 is 2.29 bits per heavy atom. The molecule has 2 aromatic carbocycles. The molecule has 1 fully saturated rings. The van der Waals surface area contributed by atoms with Crippen molar-refractivity contribution in [3.8, 4) is 21.9 Å². The highest BCUT2D eigenvalue weighted by Crippen LogP contribution is 2.47. The average Bonchev–Trinajstić information content (AvgIpc) is 3.35. The number of benzene rings is 2. The number of anilines is 2. The lowest BCUT2D eigenvalue weighted by Gasteiger charge is -2.37. The molecule has 0 N–H and O–H groups in total. The van der Waals surface area contributed by atoms with Gasteiger partial charge in [0.2, 0.25) is 0 Å². The van der Waals surface area contributed by atoms with E-state index in [-0.39, 0.29) is 29.3 Å². The van der Waals surface area contributed by atoms with Gasteiger partial charge < -0.3 is 18.9 Å². The predicted octanol–water partition coefficient (Wildman–Crippen LogP) is 8.48. The number of methoxy groups -OCH3 is 1. The SMILES string of the molecule is CCOc1ccc(N(C)C(=O)N(c2cccc(-c3sc(C(=O)OC)c(OCC(=O)OC(C)(C)C)c3Br)c2)C2CCCCC2)cc1. The first kappa shape index (κ1) is 34.3. The van der Waals surface area contributed by atoms with Gasteiger partial charge >= 0.3 is 18.0 Å². The van der Waals surface area contributed by atoms with Crippen LogP contribution in [0, 0.1) is 0 Å². The maximum Gasteiger partial charge on any atom is 0.351 e. The van der Waals surface area contributed by atoms with Gasteiger partial charge in [-0.15, -0.1) is 11.3 Å². The number of hydrogen-bond donors (Lipinski definition) is 0. The van der Waals surface area contributed by atoms with Crippen molar-refractivity contribution in [2.75, 3.05) is 37.2 Å². The van der Waals surface area contributed by atoms with Gasteiger partial charge in [-0.2, -0.15) is 0 Å². The predicted molar refractivity (Wildman–Crippen MR) is 181 cm³/mol. The van der Waals surface area contributed by atoms with E-state index in [1.807, 2.05) is 60.4 Å². The largest absolute Gasteiger partial charge is 0.494 e. The summed E-state index contributed by atoms with van der Waals surface area (Å²) < 4.78 is 22.3. The maximum absolute atomic E-state index is 14.2. The van der Waals surface area contributed by atoms with Crippen LogP contribution >= 0.6 is 27.3 Å². The molecular formula is C34H41BrN2O7S. The van der Waals surface area contributed by atoms with Crippen LogP contribution in [0.25, 0.3) is 10.4 Å². The number of nitrogens with zero attached hydrogens (tertiary/aromatic N) is 2. The second-order valence-electron chi connectivity index (χ2n) is 11.8. The Balaban J connectivity index is 1.69. The first-order chi connectivity index (χ1) is 21.4. The van der Waals surface area contributed by atoms with Crippen molar-refractivity contribution in [3.05, 3.63) is 57.9 Å². The summed E-state index contributed by atoms with van der Waals surface area (Å²) in [5.74, 6) is -0.189. The van der Waals surface area contributed by atoms with E-state index in [2.05, 4.69) is 15.9 Å². The van der Waals surface area contributed by atoms with Gasteiger partial charge in [-0.05, 0) is 98.4 Å². The van der Waals surface area contributed by atoms with Crippen molar-refractivity contribution in [3.63, 3.8) is 0 Å². The van der Waals surface area contributed by atoms with Gasteiger partial charge in [0.15, 0.2) is 17.2 Å². The number of urea groups is 1. The fraction of sp³-hybridized carbons (Fsp3) is 0.441. The third kappa shape index (κ3) is 8.58. The second-order valence-corrected chi connectivity index (χ2v) is 13.6. The van der Waals surface area contributed by atoms with E-state index in [0.717, 1.165) is 54.8 Å². The summed E-state index contributed by atoms with van der Waals surface area (Å²) in [6.07, 6.45) is 5.07. The number of amides is 2. The summed E-state index contributed by atoms with van der Waals surface area (Å²) >= 11 is 4.80. The molecule has 1 aliphatic rings. The zero-order valence-electron chi connectivity index (χ0n) is 26.7. The molecule has 0 saturated heterocycles. The van der Waals surface area contributed by atoms with E-state index in [4.69, 9.17) is 18.9 Å². The highest BCUT2D eigenvalue weighted by molar-refractivity contribution is 9.10. The molecule has 0 bridgehead atoms. The molecule has 1 aliphatic carbocycles. The van der Waals surface area contributed by atoms with E-state index in [1.165, 1.54) is 18.4 Å². The third-order valence-corrected chi connectivity index (χ3v) is 9.51. The molecule has 1 aromatic heterocycles. The standard InChI is InChI=1S/C34H41BrN2O7S/c1-7-42-26-18-16-23(17-19-26)36(5)33(40)37(24-13-9-8-10-14-24)25-15-11-12-22(20-25)30-28(35)29(31(45-30)32(39)41-6)43-21-27(38)44-34(2,3)4/h11-12,15-20,24H,7-10,13-14,21H2,1-6H3. The molecular weight excluding hydrogens is 660 g/mol. The molecule has 242 valence electrons. The highest BCUT2D eigenvalue weighted by atomic mass is 79.9. The molecule has 0 aliphatic heterocycles. The number of halogens is 1. The van der Waals surface area contributed by atoms with E-state index in [0.29, 0.717) is 16.0 Å². The Labute approximate surface area is 277 Å². The smallest absolute Gasteiger partial charge is 0.351 e. The van der Waals surface area contributed by atoms with Crippen molar-refractivity contribution in [1.29, 1.82) is 0 Å². The quantitative estimate of drug-likeness (QED) is 0.196. The van der Waals surface area contributed by atoms with Gasteiger partial charge in [-0.1, -0.05) is 31.4 Å². The number of carbonyl (C=O) groups excluding carboxylic acids is 3. The van der Waals surface area contributed by atoms with Gasteiger partial charge in [-0.25, -0.2) is 14.4 Å². The number of thiophene rings is 1. The molecule has 0 radical (unpaired) electrons. The first-order valence-corrected chi connectivity index (χ1v) is 16.7. The van der Waals surface area contributed by atoms with Gasteiger partial charge in [0, 0.05) is 24.5 Å². The van der Waals surface area contributed by atoms with Crippen LogP contribution < -0.4 is 19.3 Å². The Morgan fingerprint density at radius 2 is 1.67 bits per heavy atom. The van der Waals surface area contributed by atoms with Crippen molar-refractivity contribution < 1.29 is 33.3 Å². The molecule has 2 amide bonds. The topological polar surface area (TPSA) is 94.6 Å². The number of hydrogen-bond acceptors (Lipinski definition) is 8. The average molecular weight is 702 g/mol. The first-order valence-electron chi connectivity index (χ1n) is 15.1. The van der Waals surface area contributed by atoms with E-state index in [9.17, 15) is 14.4 Å². The van der Waals surface area contributed by atoms with E-state index >= 15 is 0 Å². The number of rotatable bonds is 10. The molecule has 11 heteroatoms. The number of carbonyl (C=O) groups is 3. The van der Waals surface area contributed by atoms with Crippen LogP contribution in [0.15, 0.2) is 53.0 Å². The zero-order chi connectivity index (χ0) is 32.7. The molecule has 1 heterocycles. The van der Waals surface area contributed by atoms with Gasteiger partial charge in [0.05, 0.1) is 23.1 Å². The fourth-order valence-corrected chi connectivity index (χ4v) is 7.23. The summed E-state index contributed by atoms with van der Waals surface area (Å²) in [6, 6.07) is 15.1. The molecule has 9 nitrogen and oxygen atoms in total. The Bertz CT molecular complexity index is 1490. The minimum absolute atomic E-state index is 0.0387. The lowest BCUT2D eigenvalue weighted by Crippen LogP contribution is -2.48. The van der Waals surface area contributed by atoms with Crippen molar-refractivity contribution >= 4 is 56.6 Å². The highest BCUT2D eigenvalue weighted by Gasteiger charge is 2.31. The lowest BCUT2D eigenvalue weighted by atomic mass is 9.93. The molecule has 0 spiro atoms. The summed E-state index contributed by atoms with van der Waals surface area (Å²) in [6.45, 7) is 7.44. The van der Waals surface area contributed by atoms with E-state index in [1.54, 1.807) is 32.7 Å². The van der Waals surface area contributed by atoms with Crippen LogP contribution in [-0.4, -0.2) is 57.0 Å². The zero-order valence-corrected chi connectivity index (χ0v) is 29.1. The fourth-order valence-electron chi connectivity index (χ4n) is 5.26. The molecule has 45 heavy (non-hydrogen) atoms. The lowest BCUT2D eigenvalue weighted by molar-refractivity contribution is -0.157. The Hall–Kier alpha value is -3.57. The van der Waals surface area contributed by atoms with Gasteiger partial charge in [0.1, 0.15) is 11.4 Å². The summed E-state index contributed by atoms with van der Waals surface area (Å²) in [5, 5.41) is 0. The van der Waals surface area contributed by atoms with Crippen LogP contribution in [0.2, 0.25) is 0 Å². The van der Waals surface area contributed by atoms with Crippen LogP contribution in [0.5, 0.6) is 11.5 Å². The van der Waals surface area contributed by atoms with Crippen molar-refractivity contribution in [1.82, 2.24) is 0 Å². The summed E-state index contributed by atoms with van der Waals surface area (Å²) in [5.41, 5.74) is 1.61. The van der Waals surface area contributed by atoms with Gasteiger partial charge in [0.25, 0.3) is 0 Å². The maximum atomic E-state index is 14.2. The molecule has 0 atom stereocenters. The number of esters is 2. The Morgan fingerprint density at radius 1 is 0.978 bits per heavy atom. The summed E-state index contributed by atoms with van der Waals surface area (Å²) in [7, 11) is 3.08. The molecule has 4 rings (SSSR count). The van der Waals surface area contributed by atoms with Crippen LogP contribution in [-0.2, 0) is 14.3 Å². The monoisotopic (exact) mass is 700 g/mol.